The van der Waals surface area contributed by atoms with Crippen molar-refractivity contribution >= 4 is 11.6 Å². The number of fused-ring (bicyclic) bond motifs is 8. The van der Waals surface area contributed by atoms with Gasteiger partial charge in [-0.05, 0) is 50.7 Å². The van der Waals surface area contributed by atoms with Gasteiger partial charge in [0.15, 0.2) is 11.6 Å². The molecule has 8 heteroatoms. The van der Waals surface area contributed by atoms with Crippen LogP contribution in [0.2, 0.25) is 0 Å². The summed E-state index contributed by atoms with van der Waals surface area (Å²) < 4.78 is 0. The Morgan fingerprint density at radius 1 is 0.658 bits per heavy atom. The number of rotatable bonds is 0. The molecule has 1 saturated carbocycles. The van der Waals surface area contributed by atoms with Gasteiger partial charge < -0.3 is 10.2 Å². The maximum atomic E-state index is 14.2. The molecule has 3 fully saturated rings. The normalized spacial score (nSPS) is 49.7. The average Bonchev–Trinajstić information content (AvgIpc) is 3.23. The molecule has 2 saturated heterocycles. The van der Waals surface area contributed by atoms with Crippen molar-refractivity contribution in [2.75, 3.05) is 0 Å². The fourth-order valence-corrected chi connectivity index (χ4v) is 9.22. The molecule has 2 heterocycles. The Morgan fingerprint density at radius 2 is 1.00 bits per heavy atom. The van der Waals surface area contributed by atoms with Gasteiger partial charge in [0.2, 0.25) is 11.6 Å². The van der Waals surface area contributed by atoms with Gasteiger partial charge in [0.05, 0.1) is 0 Å². The largest absolute Gasteiger partial charge is 0.360 e. The topological polar surface area (TPSA) is 112 Å². The summed E-state index contributed by atoms with van der Waals surface area (Å²) in [5, 5.41) is 22.9. The second-order valence-corrected chi connectivity index (χ2v) is 14.0. The van der Waals surface area contributed by atoms with Gasteiger partial charge in [0, 0.05) is 57.8 Å². The lowest BCUT2D eigenvalue weighted by Gasteiger charge is -2.62. The third-order valence-electron chi connectivity index (χ3n) is 11.1. The number of ketones is 2. The van der Waals surface area contributed by atoms with Crippen molar-refractivity contribution in [3.05, 3.63) is 45.6 Å². The van der Waals surface area contributed by atoms with E-state index in [1.807, 2.05) is 53.7 Å². The Morgan fingerprint density at radius 3 is 1.34 bits per heavy atom. The molecular weight excluding hydrogens is 488 g/mol. The number of hydrogen-bond donors (Lipinski definition) is 2. The van der Waals surface area contributed by atoms with Gasteiger partial charge >= 0.3 is 0 Å². The first-order valence-corrected chi connectivity index (χ1v) is 13.7. The maximum Gasteiger partial charge on any atom is 0.225 e. The summed E-state index contributed by atoms with van der Waals surface area (Å²) in [5.74, 6) is -4.83. The molecule has 0 spiro atoms. The molecule has 8 unspecified atom stereocenters. The van der Waals surface area contributed by atoms with E-state index < -0.39 is 45.4 Å². The lowest BCUT2D eigenvalue weighted by atomic mass is 9.38. The molecule has 0 aromatic carbocycles. The SMILES string of the molecule is CC1CC2(O)OOC(C)(C)C2=CC2=C1C(=O)C1C3C(=O)C4=C(C=C5C(C)(C)OOC5(O)CC4C)C3(C)C21C. The Hall–Kier alpha value is -1.94. The molecule has 0 aromatic rings. The van der Waals surface area contributed by atoms with E-state index in [2.05, 4.69) is 13.8 Å². The standard InChI is InChI=1S/C30H36O8/c1-13-11-29(33)17(25(3,4)35-37-29)9-15-19(13)23(31)21-22-24(32)20-14(2)12-30(34)18(26(5,6)36-38-30)10-16(20)28(22,8)27(15,21)7/h9-10,13-14,21-22,33-34H,11-12H2,1-8H3. The summed E-state index contributed by atoms with van der Waals surface area (Å²) in [6.45, 7) is 15.4. The molecule has 204 valence electrons. The predicted molar refractivity (Wildman–Crippen MR) is 133 cm³/mol. The van der Waals surface area contributed by atoms with Gasteiger partial charge in [-0.3, -0.25) is 9.59 Å². The van der Waals surface area contributed by atoms with Crippen LogP contribution >= 0.6 is 0 Å². The second kappa shape index (κ2) is 6.67. The van der Waals surface area contributed by atoms with Gasteiger partial charge in [0.1, 0.15) is 11.2 Å². The Kier molecular flexibility index (Phi) is 4.40. The van der Waals surface area contributed by atoms with E-state index in [9.17, 15) is 19.8 Å². The van der Waals surface area contributed by atoms with Crippen molar-refractivity contribution in [3.8, 4) is 0 Å². The fraction of sp³-hybridized carbons (Fsp3) is 0.667. The number of Topliss-reactive ketones (excluding diaryl/α,β-unsaturated/α-hetero) is 2. The summed E-state index contributed by atoms with van der Waals surface area (Å²) in [5.41, 5.74) is 1.07. The van der Waals surface area contributed by atoms with E-state index in [1.54, 1.807) is 0 Å². The van der Waals surface area contributed by atoms with E-state index in [0.29, 0.717) is 22.3 Å². The lowest BCUT2D eigenvalue weighted by molar-refractivity contribution is -0.390. The van der Waals surface area contributed by atoms with Crippen LogP contribution in [0.1, 0.15) is 68.2 Å². The van der Waals surface area contributed by atoms with E-state index in [4.69, 9.17) is 19.6 Å². The number of hydrogen-bond acceptors (Lipinski definition) is 8. The van der Waals surface area contributed by atoms with Gasteiger partial charge in [-0.25, -0.2) is 9.78 Å². The zero-order chi connectivity index (χ0) is 27.6. The minimum absolute atomic E-state index is 0.00712. The first-order valence-electron chi connectivity index (χ1n) is 13.7. The molecular formula is C30H36O8. The van der Waals surface area contributed by atoms with Gasteiger partial charge in [-0.1, -0.05) is 39.8 Å². The minimum atomic E-state index is -1.63. The predicted octanol–water partition coefficient (Wildman–Crippen LogP) is 3.79. The first-order chi connectivity index (χ1) is 17.4. The highest BCUT2D eigenvalue weighted by Crippen LogP contribution is 2.79. The zero-order valence-electron chi connectivity index (χ0n) is 23.2. The highest BCUT2D eigenvalue weighted by Gasteiger charge is 2.80. The molecule has 0 bridgehead atoms. The molecule has 8 atom stereocenters. The molecule has 7 rings (SSSR count). The summed E-state index contributed by atoms with van der Waals surface area (Å²) in [4.78, 5) is 50.4. The van der Waals surface area contributed by atoms with E-state index in [-0.39, 0.29) is 36.2 Å². The summed E-state index contributed by atoms with van der Waals surface area (Å²) in [6, 6.07) is 0. The molecule has 7 aliphatic rings. The van der Waals surface area contributed by atoms with Crippen LogP contribution in [0.15, 0.2) is 45.6 Å². The Balaban J connectivity index is 1.47. The number of carbonyl (C=O) groups excluding carboxylic acids is 2. The van der Waals surface area contributed by atoms with Gasteiger partial charge in [0.25, 0.3) is 0 Å². The van der Waals surface area contributed by atoms with Crippen LogP contribution in [-0.4, -0.2) is 44.6 Å². The monoisotopic (exact) mass is 524 g/mol. The van der Waals surface area contributed by atoms with Gasteiger partial charge in [-0.15, -0.1) is 0 Å². The lowest BCUT2D eigenvalue weighted by Crippen LogP contribution is -2.64. The minimum Gasteiger partial charge on any atom is -0.360 e. The summed E-state index contributed by atoms with van der Waals surface area (Å²) in [7, 11) is 0. The van der Waals surface area contributed by atoms with Crippen molar-refractivity contribution in [2.45, 2.75) is 91.0 Å². The van der Waals surface area contributed by atoms with Crippen molar-refractivity contribution in [1.29, 1.82) is 0 Å². The number of allylic oxidation sites excluding steroid dienone is 6. The average molecular weight is 525 g/mol. The Bertz CT molecular complexity index is 1270. The van der Waals surface area contributed by atoms with Crippen LogP contribution in [0.3, 0.4) is 0 Å². The van der Waals surface area contributed by atoms with Crippen molar-refractivity contribution < 1.29 is 39.4 Å². The van der Waals surface area contributed by atoms with Crippen LogP contribution in [0, 0.1) is 34.5 Å². The molecule has 5 aliphatic carbocycles. The molecule has 2 N–H and O–H groups in total. The van der Waals surface area contributed by atoms with E-state index >= 15 is 0 Å². The second-order valence-electron chi connectivity index (χ2n) is 14.0. The Labute approximate surface area is 222 Å². The van der Waals surface area contributed by atoms with Crippen LogP contribution in [-0.2, 0) is 29.1 Å². The number of carbonyl (C=O) groups is 2. The third kappa shape index (κ3) is 2.46. The van der Waals surface area contributed by atoms with Crippen LogP contribution in [0.5, 0.6) is 0 Å². The zero-order valence-corrected chi connectivity index (χ0v) is 23.2. The molecule has 0 aromatic heterocycles. The quantitative estimate of drug-likeness (QED) is 0.461. The summed E-state index contributed by atoms with van der Waals surface area (Å²) in [6.07, 6.45) is 4.22. The van der Waals surface area contributed by atoms with Crippen molar-refractivity contribution in [1.82, 2.24) is 0 Å². The fourth-order valence-electron chi connectivity index (χ4n) is 9.22. The smallest absolute Gasteiger partial charge is 0.225 e. The van der Waals surface area contributed by atoms with Crippen molar-refractivity contribution in [2.24, 2.45) is 34.5 Å². The first kappa shape index (κ1) is 25.1. The van der Waals surface area contributed by atoms with Crippen LogP contribution < -0.4 is 0 Å². The highest BCUT2D eigenvalue weighted by molar-refractivity contribution is 6.14. The molecule has 8 nitrogen and oxygen atoms in total. The molecule has 0 amide bonds. The molecule has 2 aliphatic heterocycles. The summed E-state index contributed by atoms with van der Waals surface area (Å²) >= 11 is 0. The highest BCUT2D eigenvalue weighted by atomic mass is 17.2. The van der Waals surface area contributed by atoms with Crippen molar-refractivity contribution in [3.63, 3.8) is 0 Å². The third-order valence-corrected chi connectivity index (χ3v) is 11.1. The molecule has 0 radical (unpaired) electrons. The number of aliphatic hydroxyl groups is 2. The van der Waals surface area contributed by atoms with Crippen LogP contribution in [0.4, 0.5) is 0 Å². The van der Waals surface area contributed by atoms with Gasteiger partial charge in [-0.2, -0.15) is 9.78 Å². The van der Waals surface area contributed by atoms with E-state index in [0.717, 1.165) is 11.1 Å². The molecule has 38 heavy (non-hydrogen) atoms. The maximum absolute atomic E-state index is 14.2. The van der Waals surface area contributed by atoms with Crippen LogP contribution in [0.25, 0.3) is 0 Å². The van der Waals surface area contributed by atoms with E-state index in [1.165, 1.54) is 0 Å².